The molecule has 0 radical (unpaired) electrons. The van der Waals surface area contributed by atoms with Crippen LogP contribution in [0.2, 0.25) is 0 Å². The van der Waals surface area contributed by atoms with E-state index < -0.39 is 72.6 Å². The summed E-state index contributed by atoms with van der Waals surface area (Å²) in [6.45, 7) is 4.62. The number of nitrogens with one attached hydrogen (secondary N) is 3. The highest BCUT2D eigenvalue weighted by molar-refractivity contribution is 5.94. The van der Waals surface area contributed by atoms with E-state index in [0.29, 0.717) is 0 Å². The Hall–Kier alpha value is -3.22. The SMILES string of the molecule is CC(NC(=O)C(CCC(=O)O)NC(=O)C(N)C(C)C)C(=O)NC(CCC(=O)O)C(=O)O. The van der Waals surface area contributed by atoms with Crippen molar-refractivity contribution < 1.29 is 44.1 Å². The molecule has 0 saturated heterocycles. The first-order valence-electron chi connectivity index (χ1n) is 9.59. The van der Waals surface area contributed by atoms with Gasteiger partial charge in [-0.15, -0.1) is 0 Å². The molecule has 4 unspecified atom stereocenters. The molecule has 0 rings (SSSR count). The number of carbonyl (C=O) groups is 6. The average molecular weight is 446 g/mol. The number of carboxylic acids is 3. The molecule has 13 heteroatoms. The number of carbonyl (C=O) groups excluding carboxylic acids is 3. The molecule has 4 atom stereocenters. The molecule has 0 aromatic heterocycles. The lowest BCUT2D eigenvalue weighted by Crippen LogP contribution is -2.56. The highest BCUT2D eigenvalue weighted by Gasteiger charge is 2.29. The number of nitrogens with two attached hydrogens (primary N) is 1. The van der Waals surface area contributed by atoms with Crippen molar-refractivity contribution in [2.24, 2.45) is 11.7 Å². The van der Waals surface area contributed by atoms with Crippen molar-refractivity contribution in [2.45, 2.75) is 70.6 Å². The van der Waals surface area contributed by atoms with Crippen LogP contribution in [0.15, 0.2) is 0 Å². The Kier molecular flexibility index (Phi) is 11.8. The van der Waals surface area contributed by atoms with Crippen LogP contribution in [0.4, 0.5) is 0 Å². The van der Waals surface area contributed by atoms with E-state index in [9.17, 15) is 28.8 Å². The zero-order valence-electron chi connectivity index (χ0n) is 17.6. The van der Waals surface area contributed by atoms with Crippen molar-refractivity contribution in [3.05, 3.63) is 0 Å². The van der Waals surface area contributed by atoms with Gasteiger partial charge in [0, 0.05) is 12.8 Å². The molecule has 0 saturated carbocycles. The molecule has 31 heavy (non-hydrogen) atoms. The van der Waals surface area contributed by atoms with Gasteiger partial charge in [-0.2, -0.15) is 0 Å². The zero-order chi connectivity index (χ0) is 24.3. The summed E-state index contributed by atoms with van der Waals surface area (Å²) < 4.78 is 0. The summed E-state index contributed by atoms with van der Waals surface area (Å²) in [4.78, 5) is 69.5. The average Bonchev–Trinajstić information content (AvgIpc) is 2.66. The summed E-state index contributed by atoms with van der Waals surface area (Å²) in [6.07, 6.45) is -1.55. The second-order valence-corrected chi connectivity index (χ2v) is 7.33. The third-order valence-corrected chi connectivity index (χ3v) is 4.31. The zero-order valence-corrected chi connectivity index (χ0v) is 17.6. The number of aliphatic carboxylic acids is 3. The molecule has 0 aromatic carbocycles. The Morgan fingerprint density at radius 3 is 1.58 bits per heavy atom. The van der Waals surface area contributed by atoms with Gasteiger partial charge in [-0.25, -0.2) is 4.79 Å². The molecule has 3 amide bonds. The van der Waals surface area contributed by atoms with Crippen LogP contribution in [-0.4, -0.2) is 75.1 Å². The van der Waals surface area contributed by atoms with E-state index in [1.165, 1.54) is 6.92 Å². The molecule has 0 heterocycles. The number of rotatable bonds is 14. The Labute approximate surface area is 178 Å². The van der Waals surface area contributed by atoms with Crippen molar-refractivity contribution >= 4 is 35.6 Å². The maximum absolute atomic E-state index is 12.5. The van der Waals surface area contributed by atoms with E-state index in [1.807, 2.05) is 0 Å². The number of hydrogen-bond donors (Lipinski definition) is 7. The number of amides is 3. The van der Waals surface area contributed by atoms with Crippen LogP contribution in [0.25, 0.3) is 0 Å². The number of carboxylic acid groups (broad SMARTS) is 3. The van der Waals surface area contributed by atoms with E-state index in [4.69, 9.17) is 21.1 Å². The van der Waals surface area contributed by atoms with Crippen molar-refractivity contribution in [3.8, 4) is 0 Å². The van der Waals surface area contributed by atoms with Gasteiger partial charge in [0.25, 0.3) is 0 Å². The van der Waals surface area contributed by atoms with Gasteiger partial charge >= 0.3 is 17.9 Å². The largest absolute Gasteiger partial charge is 0.481 e. The Bertz CT molecular complexity index is 696. The summed E-state index contributed by atoms with van der Waals surface area (Å²) >= 11 is 0. The van der Waals surface area contributed by atoms with E-state index in [-0.39, 0.29) is 18.8 Å². The van der Waals surface area contributed by atoms with Crippen LogP contribution >= 0.6 is 0 Å². The fourth-order valence-electron chi connectivity index (χ4n) is 2.31. The Morgan fingerprint density at radius 2 is 1.16 bits per heavy atom. The Balaban J connectivity index is 5.12. The minimum atomic E-state index is -1.48. The lowest BCUT2D eigenvalue weighted by atomic mass is 10.0. The van der Waals surface area contributed by atoms with Crippen molar-refractivity contribution in [2.75, 3.05) is 0 Å². The summed E-state index contributed by atoms with van der Waals surface area (Å²) in [6, 6.07) is -4.95. The highest BCUT2D eigenvalue weighted by Crippen LogP contribution is 2.04. The summed E-state index contributed by atoms with van der Waals surface area (Å²) in [7, 11) is 0. The molecule has 0 aliphatic heterocycles. The first-order valence-corrected chi connectivity index (χ1v) is 9.59. The van der Waals surface area contributed by atoms with Crippen molar-refractivity contribution in [3.63, 3.8) is 0 Å². The van der Waals surface area contributed by atoms with Crippen LogP contribution in [0.3, 0.4) is 0 Å². The van der Waals surface area contributed by atoms with Crippen molar-refractivity contribution in [1.29, 1.82) is 0 Å². The first-order chi connectivity index (χ1) is 14.3. The maximum Gasteiger partial charge on any atom is 0.326 e. The molecular weight excluding hydrogens is 416 g/mol. The molecule has 176 valence electrons. The van der Waals surface area contributed by atoms with Gasteiger partial charge in [0.15, 0.2) is 0 Å². The second-order valence-electron chi connectivity index (χ2n) is 7.33. The minimum absolute atomic E-state index is 0.244. The summed E-state index contributed by atoms with van der Waals surface area (Å²) in [5.74, 6) is -6.54. The second kappa shape index (κ2) is 13.2. The van der Waals surface area contributed by atoms with E-state index in [1.54, 1.807) is 13.8 Å². The monoisotopic (exact) mass is 446 g/mol. The smallest absolute Gasteiger partial charge is 0.326 e. The van der Waals surface area contributed by atoms with E-state index in [0.717, 1.165) is 0 Å². The third kappa shape index (κ3) is 10.9. The van der Waals surface area contributed by atoms with Gasteiger partial charge in [0.2, 0.25) is 17.7 Å². The van der Waals surface area contributed by atoms with Crippen LogP contribution < -0.4 is 21.7 Å². The molecular formula is C18H30N4O9. The van der Waals surface area contributed by atoms with Gasteiger partial charge in [-0.3, -0.25) is 24.0 Å². The first kappa shape index (κ1) is 27.8. The van der Waals surface area contributed by atoms with Crippen LogP contribution in [0.1, 0.15) is 46.5 Å². The maximum atomic E-state index is 12.5. The topological polar surface area (TPSA) is 225 Å². The lowest BCUT2D eigenvalue weighted by Gasteiger charge is -2.24. The van der Waals surface area contributed by atoms with E-state index >= 15 is 0 Å². The standard InChI is InChI=1S/C18H30N4O9/c1-8(2)14(19)17(29)21-10(4-6-12(23)24)16(28)20-9(3)15(27)22-11(18(30)31)5-7-13(25)26/h8-11,14H,4-7,19H2,1-3H3,(H,20,28)(H,21,29)(H,22,27)(H,23,24)(H,25,26)(H,30,31). The lowest BCUT2D eigenvalue weighted by molar-refractivity contribution is -0.143. The highest BCUT2D eigenvalue weighted by atomic mass is 16.4. The quantitative estimate of drug-likeness (QED) is 0.159. The molecule has 0 spiro atoms. The van der Waals surface area contributed by atoms with Crippen molar-refractivity contribution in [1.82, 2.24) is 16.0 Å². The molecule has 0 aliphatic rings. The van der Waals surface area contributed by atoms with Crippen LogP contribution in [-0.2, 0) is 28.8 Å². The molecule has 8 N–H and O–H groups in total. The molecule has 0 aliphatic carbocycles. The summed E-state index contributed by atoms with van der Waals surface area (Å²) in [5.41, 5.74) is 5.73. The fraction of sp³-hybridized carbons (Fsp3) is 0.667. The fourth-order valence-corrected chi connectivity index (χ4v) is 2.31. The minimum Gasteiger partial charge on any atom is -0.481 e. The molecule has 0 bridgehead atoms. The normalized spacial score (nSPS) is 14.6. The van der Waals surface area contributed by atoms with Gasteiger partial charge in [0.1, 0.15) is 18.1 Å². The molecule has 0 aromatic rings. The van der Waals surface area contributed by atoms with E-state index in [2.05, 4.69) is 16.0 Å². The summed E-state index contributed by atoms with van der Waals surface area (Å²) in [5, 5.41) is 33.4. The predicted octanol–water partition coefficient (Wildman–Crippen LogP) is -1.74. The Morgan fingerprint density at radius 1 is 0.710 bits per heavy atom. The van der Waals surface area contributed by atoms with Gasteiger partial charge < -0.3 is 37.0 Å². The predicted molar refractivity (Wildman–Crippen MR) is 106 cm³/mol. The third-order valence-electron chi connectivity index (χ3n) is 4.31. The van der Waals surface area contributed by atoms with Crippen LogP contribution in [0.5, 0.6) is 0 Å². The van der Waals surface area contributed by atoms with Gasteiger partial charge in [-0.1, -0.05) is 13.8 Å². The number of hydrogen-bond acceptors (Lipinski definition) is 7. The van der Waals surface area contributed by atoms with Crippen LogP contribution in [0, 0.1) is 5.92 Å². The molecule has 13 nitrogen and oxygen atoms in total. The molecule has 0 fully saturated rings. The van der Waals surface area contributed by atoms with Gasteiger partial charge in [0.05, 0.1) is 6.04 Å². The van der Waals surface area contributed by atoms with Gasteiger partial charge in [-0.05, 0) is 25.7 Å².